The van der Waals surface area contributed by atoms with Crippen molar-refractivity contribution in [2.24, 2.45) is 0 Å². The lowest BCUT2D eigenvalue weighted by Gasteiger charge is -2.50. The molecule has 6 atom stereocenters. The maximum atomic E-state index is 10.6. The van der Waals surface area contributed by atoms with E-state index in [4.69, 9.17) is 18.9 Å². The third-order valence-corrected chi connectivity index (χ3v) is 4.70. The zero-order chi connectivity index (χ0) is 16.1. The Hall–Kier alpha value is -0.240. The van der Waals surface area contributed by atoms with Gasteiger partial charge in [-0.1, -0.05) is 0 Å². The van der Waals surface area contributed by atoms with Crippen LogP contribution in [0, 0.1) is 0 Å². The summed E-state index contributed by atoms with van der Waals surface area (Å²) in [5.41, 5.74) is -2.16. The van der Waals surface area contributed by atoms with E-state index in [1.807, 2.05) is 6.92 Å². The first-order chi connectivity index (χ1) is 9.16. The Morgan fingerprint density at radius 1 is 0.800 bits per heavy atom. The highest BCUT2D eigenvalue weighted by Gasteiger charge is 2.56. The van der Waals surface area contributed by atoms with Crippen LogP contribution in [0.2, 0.25) is 0 Å². The molecule has 0 aromatic rings. The van der Waals surface area contributed by atoms with Gasteiger partial charge in [0.2, 0.25) is 0 Å². The molecule has 0 saturated carbocycles. The van der Waals surface area contributed by atoms with Crippen LogP contribution in [-0.4, -0.2) is 74.3 Å². The van der Waals surface area contributed by atoms with Crippen LogP contribution >= 0.6 is 0 Å². The molecule has 20 heavy (non-hydrogen) atoms. The summed E-state index contributed by atoms with van der Waals surface area (Å²) in [5.74, 6) is 0. The van der Waals surface area contributed by atoms with Gasteiger partial charge in [0.1, 0.15) is 23.4 Å². The van der Waals surface area contributed by atoms with Crippen LogP contribution in [0.1, 0.15) is 27.7 Å². The fraction of sp³-hybridized carbons (Fsp3) is 1.00. The first-order valence-corrected chi connectivity index (χ1v) is 6.68. The normalized spacial score (nSPS) is 24.3. The quantitative estimate of drug-likeness (QED) is 0.648. The first kappa shape index (κ1) is 19.8. The molecule has 0 aromatic carbocycles. The summed E-state index contributed by atoms with van der Waals surface area (Å²) >= 11 is 0. The van der Waals surface area contributed by atoms with Gasteiger partial charge < -0.3 is 29.2 Å². The zero-order valence-electron chi connectivity index (χ0n) is 13.8. The fourth-order valence-corrected chi connectivity index (χ4v) is 2.34. The number of ether oxygens (including phenoxy) is 4. The smallest absolute Gasteiger partial charge is 0.124 e. The van der Waals surface area contributed by atoms with Gasteiger partial charge in [-0.05, 0) is 27.7 Å². The van der Waals surface area contributed by atoms with Crippen LogP contribution in [0.25, 0.3) is 0 Å². The first-order valence-electron chi connectivity index (χ1n) is 6.68. The van der Waals surface area contributed by atoms with E-state index in [1.54, 1.807) is 27.9 Å². The van der Waals surface area contributed by atoms with E-state index in [-0.39, 0.29) is 6.10 Å². The largest absolute Gasteiger partial charge is 0.388 e. The highest BCUT2D eigenvalue weighted by molar-refractivity contribution is 5.07. The van der Waals surface area contributed by atoms with Crippen molar-refractivity contribution in [3.8, 4) is 0 Å². The summed E-state index contributed by atoms with van der Waals surface area (Å²) in [5, 5.41) is 20.8. The average Bonchev–Trinajstić information content (AvgIpc) is 2.49. The van der Waals surface area contributed by atoms with E-state index in [1.165, 1.54) is 21.3 Å². The van der Waals surface area contributed by atoms with E-state index in [9.17, 15) is 10.2 Å². The Morgan fingerprint density at radius 2 is 1.25 bits per heavy atom. The number of aliphatic hydroxyl groups excluding tert-OH is 2. The molecule has 6 heteroatoms. The number of hydrogen-bond acceptors (Lipinski definition) is 6. The van der Waals surface area contributed by atoms with Crippen LogP contribution < -0.4 is 0 Å². The monoisotopic (exact) mass is 294 g/mol. The molecule has 2 N–H and O–H groups in total. The van der Waals surface area contributed by atoms with Gasteiger partial charge in [0.05, 0.1) is 12.2 Å². The molecular formula is C14H30O6. The predicted octanol–water partition coefficient (Wildman–Crippen LogP) is 0.588. The van der Waals surface area contributed by atoms with Gasteiger partial charge in [0.15, 0.2) is 0 Å². The Kier molecular flexibility index (Phi) is 7.59. The summed E-state index contributed by atoms with van der Waals surface area (Å²) in [6.45, 7) is 6.95. The molecule has 0 heterocycles. The number of hydrogen-bond donors (Lipinski definition) is 2. The van der Waals surface area contributed by atoms with Gasteiger partial charge in [0.25, 0.3) is 0 Å². The minimum Gasteiger partial charge on any atom is -0.388 e. The molecule has 0 saturated heterocycles. The Morgan fingerprint density at radius 3 is 1.55 bits per heavy atom. The Labute approximate surface area is 122 Å². The van der Waals surface area contributed by atoms with Crippen molar-refractivity contribution in [3.63, 3.8) is 0 Å². The minimum atomic E-state index is -1.22. The maximum Gasteiger partial charge on any atom is 0.124 e. The van der Waals surface area contributed by atoms with E-state index < -0.39 is 29.5 Å². The second-order valence-corrected chi connectivity index (χ2v) is 5.38. The van der Waals surface area contributed by atoms with Crippen molar-refractivity contribution < 1.29 is 29.2 Å². The summed E-state index contributed by atoms with van der Waals surface area (Å²) in [4.78, 5) is 0. The van der Waals surface area contributed by atoms with E-state index in [0.717, 1.165) is 0 Å². The van der Waals surface area contributed by atoms with Crippen molar-refractivity contribution in [3.05, 3.63) is 0 Å². The van der Waals surface area contributed by atoms with E-state index in [0.29, 0.717) is 0 Å². The number of aliphatic hydroxyl groups is 2. The topological polar surface area (TPSA) is 77.4 Å². The standard InChI is InChI=1S/C14H30O6/c1-9(17-5)11(15)12(16)14(4,20-8)13(3,19-7)10(2)18-6/h9-12,15-16H,1-8H3. The molecule has 122 valence electrons. The van der Waals surface area contributed by atoms with Gasteiger partial charge >= 0.3 is 0 Å². The molecule has 0 aliphatic carbocycles. The molecule has 0 fully saturated rings. The van der Waals surface area contributed by atoms with Gasteiger partial charge in [0, 0.05) is 28.4 Å². The molecule has 0 aliphatic rings. The van der Waals surface area contributed by atoms with E-state index in [2.05, 4.69) is 0 Å². The summed E-state index contributed by atoms with van der Waals surface area (Å²) in [6.07, 6.45) is -3.25. The van der Waals surface area contributed by atoms with Gasteiger partial charge in [-0.15, -0.1) is 0 Å². The van der Waals surface area contributed by atoms with Crippen LogP contribution in [0.4, 0.5) is 0 Å². The molecule has 0 aliphatic heterocycles. The lowest BCUT2D eigenvalue weighted by molar-refractivity contribution is -0.266. The molecule has 0 bridgehead atoms. The third-order valence-electron chi connectivity index (χ3n) is 4.70. The number of methoxy groups -OCH3 is 4. The molecule has 0 amide bonds. The molecule has 0 aromatic heterocycles. The summed E-state index contributed by atoms with van der Waals surface area (Å²) in [6, 6.07) is 0. The Bertz CT molecular complexity index is 287. The lowest BCUT2D eigenvalue weighted by Crippen LogP contribution is -2.68. The molecule has 6 unspecified atom stereocenters. The minimum absolute atomic E-state index is 0.364. The third kappa shape index (κ3) is 3.32. The molecular weight excluding hydrogens is 264 g/mol. The Balaban J connectivity index is 5.55. The molecule has 0 radical (unpaired) electrons. The maximum absolute atomic E-state index is 10.6. The fourth-order valence-electron chi connectivity index (χ4n) is 2.34. The highest BCUT2D eigenvalue weighted by atomic mass is 16.6. The van der Waals surface area contributed by atoms with Crippen LogP contribution in [0.3, 0.4) is 0 Å². The van der Waals surface area contributed by atoms with Crippen molar-refractivity contribution in [2.75, 3.05) is 28.4 Å². The molecule has 0 spiro atoms. The second-order valence-electron chi connectivity index (χ2n) is 5.38. The van der Waals surface area contributed by atoms with Crippen molar-refractivity contribution in [1.29, 1.82) is 0 Å². The van der Waals surface area contributed by atoms with Gasteiger partial charge in [-0.3, -0.25) is 0 Å². The van der Waals surface area contributed by atoms with Crippen LogP contribution in [0.15, 0.2) is 0 Å². The second kappa shape index (κ2) is 7.68. The van der Waals surface area contributed by atoms with Gasteiger partial charge in [-0.25, -0.2) is 0 Å². The SMILES string of the molecule is COC(C)C(O)C(O)C(C)(OC)C(C)(OC)C(C)OC. The highest BCUT2D eigenvalue weighted by Crippen LogP contribution is 2.37. The van der Waals surface area contributed by atoms with Crippen molar-refractivity contribution in [2.45, 2.75) is 63.3 Å². The van der Waals surface area contributed by atoms with Crippen LogP contribution in [0.5, 0.6) is 0 Å². The van der Waals surface area contributed by atoms with Crippen molar-refractivity contribution >= 4 is 0 Å². The zero-order valence-corrected chi connectivity index (χ0v) is 13.8. The van der Waals surface area contributed by atoms with Gasteiger partial charge in [-0.2, -0.15) is 0 Å². The van der Waals surface area contributed by atoms with E-state index >= 15 is 0 Å². The van der Waals surface area contributed by atoms with Crippen molar-refractivity contribution in [1.82, 2.24) is 0 Å². The predicted molar refractivity (Wildman–Crippen MR) is 75.8 cm³/mol. The summed E-state index contributed by atoms with van der Waals surface area (Å²) < 4.78 is 21.5. The molecule has 0 rings (SSSR count). The number of rotatable bonds is 9. The summed E-state index contributed by atoms with van der Waals surface area (Å²) in [7, 11) is 6.01. The lowest BCUT2D eigenvalue weighted by atomic mass is 9.75. The van der Waals surface area contributed by atoms with Crippen LogP contribution in [-0.2, 0) is 18.9 Å². The average molecular weight is 294 g/mol. The molecule has 6 nitrogen and oxygen atoms in total.